The Kier molecular flexibility index (Phi) is 4.17. The van der Waals surface area contributed by atoms with Crippen LogP contribution in [0.3, 0.4) is 0 Å². The Hall–Kier alpha value is -3.23. The summed E-state index contributed by atoms with van der Waals surface area (Å²) in [5.41, 5.74) is 1.89. The molecule has 3 N–H and O–H groups in total. The van der Waals surface area contributed by atoms with Crippen molar-refractivity contribution in [1.82, 2.24) is 10.3 Å². The average Bonchev–Trinajstić information content (AvgIpc) is 3.00. The number of allylic oxidation sites excluding steroid dienone is 1. The Morgan fingerprint density at radius 2 is 1.79 bits per heavy atom. The quantitative estimate of drug-likeness (QED) is 0.731. The molecule has 0 fully saturated rings. The maximum Gasteiger partial charge on any atom is 0.219 e. The van der Waals surface area contributed by atoms with Crippen LogP contribution in [0.2, 0.25) is 0 Å². The largest absolute Gasteiger partial charge is 0.502 e. The van der Waals surface area contributed by atoms with Crippen molar-refractivity contribution in [3.05, 3.63) is 29.0 Å². The number of benzene rings is 1. The Morgan fingerprint density at radius 1 is 1.14 bits per heavy atom. The predicted octanol–water partition coefficient (Wildman–Crippen LogP) is 3.01. The summed E-state index contributed by atoms with van der Waals surface area (Å²) in [5.74, 6) is 1.25. The Morgan fingerprint density at radius 3 is 2.43 bits per heavy atom. The first kappa shape index (κ1) is 18.1. The molecule has 9 heteroatoms. The van der Waals surface area contributed by atoms with Crippen LogP contribution in [0, 0.1) is 5.41 Å². The maximum absolute atomic E-state index is 13.1. The highest BCUT2D eigenvalue weighted by atomic mass is 16.6. The lowest BCUT2D eigenvalue weighted by atomic mass is 9.73. The van der Waals surface area contributed by atoms with Crippen LogP contribution in [-0.2, 0) is 4.79 Å². The monoisotopic (exact) mass is 386 g/mol. The first-order chi connectivity index (χ1) is 13.3. The van der Waals surface area contributed by atoms with Gasteiger partial charge >= 0.3 is 0 Å². The van der Waals surface area contributed by atoms with E-state index >= 15 is 0 Å². The summed E-state index contributed by atoms with van der Waals surface area (Å²) in [6.45, 7) is 4.11. The topological polar surface area (TPSA) is 119 Å². The van der Waals surface area contributed by atoms with E-state index in [2.05, 4.69) is 34.8 Å². The van der Waals surface area contributed by atoms with E-state index in [-0.39, 0.29) is 28.4 Å². The van der Waals surface area contributed by atoms with Gasteiger partial charge in [0.05, 0.1) is 20.3 Å². The molecule has 1 unspecified atom stereocenters. The SMILES string of the molecule is COc1cc(C2Nc3nonc3NC3=C2C(=O)CC(C)(C)C3)cc(OC)c1O. The van der Waals surface area contributed by atoms with Gasteiger partial charge in [0.15, 0.2) is 17.3 Å². The number of carbonyl (C=O) groups is 1. The second kappa shape index (κ2) is 6.43. The number of fused-ring (bicyclic) bond motifs is 1. The van der Waals surface area contributed by atoms with Crippen LogP contribution in [0.25, 0.3) is 0 Å². The molecule has 0 spiro atoms. The van der Waals surface area contributed by atoms with E-state index in [1.807, 2.05) is 0 Å². The highest BCUT2D eigenvalue weighted by molar-refractivity contribution is 6.00. The summed E-state index contributed by atoms with van der Waals surface area (Å²) in [4.78, 5) is 13.1. The lowest BCUT2D eigenvalue weighted by molar-refractivity contribution is -0.118. The minimum Gasteiger partial charge on any atom is -0.502 e. The van der Waals surface area contributed by atoms with Gasteiger partial charge in [0, 0.05) is 17.7 Å². The number of ether oxygens (including phenoxy) is 2. The number of hydrogen-bond acceptors (Lipinski definition) is 9. The van der Waals surface area contributed by atoms with Gasteiger partial charge < -0.3 is 25.2 Å². The molecule has 28 heavy (non-hydrogen) atoms. The number of phenolic OH excluding ortho intramolecular Hbond substituents is 1. The van der Waals surface area contributed by atoms with E-state index in [1.165, 1.54) is 14.2 Å². The molecule has 0 bridgehead atoms. The molecule has 2 heterocycles. The van der Waals surface area contributed by atoms with Crippen molar-refractivity contribution in [3.63, 3.8) is 0 Å². The van der Waals surface area contributed by atoms with Crippen LogP contribution in [0.5, 0.6) is 17.2 Å². The first-order valence-corrected chi connectivity index (χ1v) is 8.90. The van der Waals surface area contributed by atoms with Gasteiger partial charge in [0.1, 0.15) is 0 Å². The lowest BCUT2D eigenvalue weighted by Crippen LogP contribution is -2.31. The standard InChI is InChI=1S/C19H22N4O5/c1-19(2)7-10-14(11(24)8-19)15(21-18-17(20-10)22-28-23-18)9-5-12(26-3)16(25)13(6-9)27-4/h5-6,15,25H,7-8H2,1-4H3,(H,20,22)(H,21,23). The van der Waals surface area contributed by atoms with Crippen LogP contribution in [0.1, 0.15) is 38.3 Å². The molecule has 0 amide bonds. The van der Waals surface area contributed by atoms with Crippen LogP contribution >= 0.6 is 0 Å². The number of hydrogen-bond donors (Lipinski definition) is 3. The van der Waals surface area contributed by atoms with Gasteiger partial charge in [0.2, 0.25) is 17.4 Å². The number of phenols is 1. The third-order valence-corrected chi connectivity index (χ3v) is 5.08. The number of ketones is 1. The fraction of sp³-hybridized carbons (Fsp3) is 0.421. The number of aromatic nitrogens is 2. The van der Waals surface area contributed by atoms with Crippen molar-refractivity contribution in [2.45, 2.75) is 32.7 Å². The van der Waals surface area contributed by atoms with Crippen LogP contribution in [-0.4, -0.2) is 35.4 Å². The van der Waals surface area contributed by atoms with Crippen LogP contribution in [0.4, 0.5) is 11.6 Å². The normalized spacial score (nSPS) is 20.4. The molecule has 0 saturated carbocycles. The summed E-state index contributed by atoms with van der Waals surface area (Å²) in [5, 5.41) is 24.5. The highest BCUT2D eigenvalue weighted by Gasteiger charge is 2.40. The zero-order valence-electron chi connectivity index (χ0n) is 16.1. The van der Waals surface area contributed by atoms with Crippen LogP contribution < -0.4 is 20.1 Å². The molecule has 2 aromatic rings. The maximum atomic E-state index is 13.1. The summed E-state index contributed by atoms with van der Waals surface area (Å²) in [6.07, 6.45) is 1.10. The molecule has 1 atom stereocenters. The zero-order chi connectivity index (χ0) is 20.1. The summed E-state index contributed by atoms with van der Waals surface area (Å²) in [7, 11) is 2.91. The highest BCUT2D eigenvalue weighted by Crippen LogP contribution is 2.47. The van der Waals surface area contributed by atoms with Gasteiger partial charge in [-0.15, -0.1) is 0 Å². The molecular weight excluding hydrogens is 364 g/mol. The summed E-state index contributed by atoms with van der Waals surface area (Å²) in [6, 6.07) is 2.81. The molecule has 1 aliphatic carbocycles. The first-order valence-electron chi connectivity index (χ1n) is 8.90. The van der Waals surface area contributed by atoms with E-state index in [9.17, 15) is 9.90 Å². The average molecular weight is 386 g/mol. The van der Waals surface area contributed by atoms with Gasteiger partial charge in [0.25, 0.3) is 0 Å². The van der Waals surface area contributed by atoms with Crippen LogP contribution in [0.15, 0.2) is 28.0 Å². The predicted molar refractivity (Wildman–Crippen MR) is 101 cm³/mol. The van der Waals surface area contributed by atoms with Gasteiger partial charge in [-0.1, -0.05) is 13.8 Å². The second-order valence-electron chi connectivity index (χ2n) is 7.77. The van der Waals surface area contributed by atoms with E-state index in [0.717, 1.165) is 5.70 Å². The lowest BCUT2D eigenvalue weighted by Gasteiger charge is -2.34. The molecule has 2 aliphatic rings. The fourth-order valence-electron chi connectivity index (χ4n) is 3.83. The van der Waals surface area contributed by atoms with E-state index < -0.39 is 6.04 Å². The van der Waals surface area contributed by atoms with Gasteiger partial charge in [-0.05, 0) is 39.8 Å². The van der Waals surface area contributed by atoms with Crippen molar-refractivity contribution >= 4 is 17.4 Å². The molecule has 0 saturated heterocycles. The molecule has 0 radical (unpaired) electrons. The van der Waals surface area contributed by atoms with E-state index in [1.54, 1.807) is 12.1 Å². The molecule has 1 aliphatic heterocycles. The number of nitrogens with one attached hydrogen (secondary N) is 2. The fourth-order valence-corrected chi connectivity index (χ4v) is 3.83. The number of carbonyl (C=O) groups excluding carboxylic acids is 1. The summed E-state index contributed by atoms with van der Waals surface area (Å²) >= 11 is 0. The Bertz CT molecular complexity index is 953. The van der Waals surface area contributed by atoms with Crippen molar-refractivity contribution in [3.8, 4) is 17.2 Å². The zero-order valence-corrected chi connectivity index (χ0v) is 16.1. The Labute approximate surface area is 161 Å². The number of aromatic hydroxyl groups is 1. The van der Waals surface area contributed by atoms with Crippen molar-refractivity contribution in [2.75, 3.05) is 24.9 Å². The molecule has 148 valence electrons. The number of nitrogens with zero attached hydrogens (tertiary/aromatic N) is 2. The molecule has 1 aromatic heterocycles. The van der Waals surface area contributed by atoms with Gasteiger partial charge in [-0.25, -0.2) is 4.63 Å². The number of anilines is 2. The molecule has 9 nitrogen and oxygen atoms in total. The summed E-state index contributed by atoms with van der Waals surface area (Å²) < 4.78 is 15.4. The van der Waals surface area contributed by atoms with Gasteiger partial charge in [-0.3, -0.25) is 4.79 Å². The Balaban J connectivity index is 1.90. The number of methoxy groups -OCH3 is 2. The second-order valence-corrected chi connectivity index (χ2v) is 7.77. The number of Topliss-reactive ketones (excluding diaryl/α,β-unsaturated/α-hetero) is 1. The van der Waals surface area contributed by atoms with Crippen molar-refractivity contribution < 1.29 is 24.0 Å². The van der Waals surface area contributed by atoms with E-state index in [4.69, 9.17) is 14.1 Å². The molecular formula is C19H22N4O5. The number of rotatable bonds is 3. The minimum atomic E-state index is -0.539. The third-order valence-electron chi connectivity index (χ3n) is 5.08. The minimum absolute atomic E-state index is 0.0318. The van der Waals surface area contributed by atoms with Gasteiger partial charge in [-0.2, -0.15) is 0 Å². The molecule has 1 aromatic carbocycles. The molecule has 4 rings (SSSR count). The smallest absolute Gasteiger partial charge is 0.219 e. The van der Waals surface area contributed by atoms with E-state index in [0.29, 0.717) is 35.6 Å². The van der Waals surface area contributed by atoms with Crippen molar-refractivity contribution in [1.29, 1.82) is 0 Å². The third kappa shape index (κ3) is 2.92. The van der Waals surface area contributed by atoms with Crippen molar-refractivity contribution in [2.24, 2.45) is 5.41 Å².